The summed E-state index contributed by atoms with van der Waals surface area (Å²) in [5, 5.41) is 0. The highest BCUT2D eigenvalue weighted by Crippen LogP contribution is 2.21. The summed E-state index contributed by atoms with van der Waals surface area (Å²) in [6, 6.07) is 7.48. The maximum absolute atomic E-state index is 12.0. The Bertz CT molecular complexity index is 680. The molecule has 1 aliphatic heterocycles. The summed E-state index contributed by atoms with van der Waals surface area (Å²) in [4.78, 5) is 25.8. The number of nitrogens with zero attached hydrogens (tertiary/aromatic N) is 1. The number of hydrogen-bond donors (Lipinski definition) is 0. The molecule has 0 aromatic heterocycles. The van der Waals surface area contributed by atoms with E-state index in [1.807, 2.05) is 50.2 Å². The lowest BCUT2D eigenvalue weighted by atomic mass is 10.1. The van der Waals surface area contributed by atoms with Crippen LogP contribution in [-0.4, -0.2) is 75.1 Å². The van der Waals surface area contributed by atoms with Gasteiger partial charge in [0, 0.05) is 24.5 Å². The van der Waals surface area contributed by atoms with Crippen LogP contribution in [0.5, 0.6) is 5.75 Å². The van der Waals surface area contributed by atoms with Gasteiger partial charge in [-0.05, 0) is 44.6 Å². The van der Waals surface area contributed by atoms with Crippen LogP contribution in [0.4, 0.5) is 0 Å². The normalized spacial score (nSPS) is 17.1. The third kappa shape index (κ3) is 11.4. The topological polar surface area (TPSA) is 74.3 Å². The van der Waals surface area contributed by atoms with Crippen molar-refractivity contribution in [3.63, 3.8) is 0 Å². The Kier molecular flexibility index (Phi) is 12.9. The molecular weight excluding hydrogens is 450 g/mol. The number of esters is 2. The fourth-order valence-corrected chi connectivity index (χ4v) is 4.76. The fraction of sp³-hybridized carbons (Fsp3) is 0.652. The van der Waals surface area contributed by atoms with E-state index in [1.165, 1.54) is 0 Å². The molecule has 2 rings (SSSR count). The monoisotopic (exact) mass is 485 g/mol. The molecule has 2 atom stereocenters. The minimum atomic E-state index is -0.247. The Balaban J connectivity index is 1.49. The van der Waals surface area contributed by atoms with Crippen LogP contribution in [0.1, 0.15) is 31.7 Å². The molecule has 9 heteroatoms. The van der Waals surface area contributed by atoms with Gasteiger partial charge >= 0.3 is 11.9 Å². The first kappa shape index (κ1) is 26.8. The predicted octanol–water partition coefficient (Wildman–Crippen LogP) is 3.80. The first-order valence-electron chi connectivity index (χ1n) is 11.0. The third-order valence-corrected chi connectivity index (χ3v) is 6.98. The molecular formula is C23H35NO6S2. The Labute approximate surface area is 199 Å². The number of ether oxygens (including phenoxy) is 4. The molecule has 1 heterocycles. The van der Waals surface area contributed by atoms with E-state index in [0.29, 0.717) is 31.3 Å². The standard InChI is InChI=1S/C23H35NO6S2/c1-18(17-24(2)3)23(26)29-13-15-32-31-14-12-27-21(25)16-19-7-9-20(10-8-19)30-22-6-4-5-11-28-22/h7-10,18,22H,4-6,11-17H2,1-3H3. The first-order chi connectivity index (χ1) is 15.4. The smallest absolute Gasteiger partial charge is 0.310 e. The Morgan fingerprint density at radius 3 is 2.41 bits per heavy atom. The summed E-state index contributed by atoms with van der Waals surface area (Å²) >= 11 is 0. The molecule has 0 aliphatic carbocycles. The van der Waals surface area contributed by atoms with Gasteiger partial charge in [0.25, 0.3) is 0 Å². The summed E-state index contributed by atoms with van der Waals surface area (Å²) in [6.07, 6.45) is 3.18. The Morgan fingerprint density at radius 2 is 1.78 bits per heavy atom. The van der Waals surface area contributed by atoms with Crippen LogP contribution in [0.15, 0.2) is 24.3 Å². The minimum absolute atomic E-state index is 0.128. The van der Waals surface area contributed by atoms with Crippen LogP contribution < -0.4 is 4.74 Å². The maximum Gasteiger partial charge on any atom is 0.310 e. The molecule has 0 spiro atoms. The minimum Gasteiger partial charge on any atom is -0.465 e. The summed E-state index contributed by atoms with van der Waals surface area (Å²) in [6.45, 7) is 4.04. The van der Waals surface area contributed by atoms with Crippen LogP contribution in [-0.2, 0) is 30.2 Å². The van der Waals surface area contributed by atoms with Crippen molar-refractivity contribution in [1.82, 2.24) is 4.90 Å². The average molecular weight is 486 g/mol. The lowest BCUT2D eigenvalue weighted by Crippen LogP contribution is -2.27. The van der Waals surface area contributed by atoms with Crippen LogP contribution in [0.3, 0.4) is 0 Å². The second-order valence-electron chi connectivity index (χ2n) is 7.93. The molecule has 0 saturated carbocycles. The molecule has 1 fully saturated rings. The lowest BCUT2D eigenvalue weighted by Gasteiger charge is -2.23. The zero-order chi connectivity index (χ0) is 23.2. The molecule has 0 amide bonds. The molecule has 1 aliphatic rings. The quantitative estimate of drug-likeness (QED) is 0.222. The first-order valence-corrected chi connectivity index (χ1v) is 13.5. The number of carbonyl (C=O) groups excluding carboxylic acids is 2. The zero-order valence-corrected chi connectivity index (χ0v) is 20.9. The van der Waals surface area contributed by atoms with Gasteiger partial charge in [0.15, 0.2) is 6.29 Å². The highest BCUT2D eigenvalue weighted by molar-refractivity contribution is 8.76. The van der Waals surface area contributed by atoms with Crippen molar-refractivity contribution < 1.29 is 28.5 Å². The lowest BCUT2D eigenvalue weighted by molar-refractivity contribution is -0.147. The van der Waals surface area contributed by atoms with Crippen LogP contribution in [0.2, 0.25) is 0 Å². The molecule has 1 aromatic rings. The van der Waals surface area contributed by atoms with Crippen LogP contribution >= 0.6 is 21.6 Å². The van der Waals surface area contributed by atoms with E-state index in [2.05, 4.69) is 0 Å². The van der Waals surface area contributed by atoms with Crippen LogP contribution in [0, 0.1) is 5.92 Å². The van der Waals surface area contributed by atoms with Gasteiger partial charge in [-0.25, -0.2) is 0 Å². The van der Waals surface area contributed by atoms with Gasteiger partial charge in [0.05, 0.1) is 18.9 Å². The van der Waals surface area contributed by atoms with Crippen molar-refractivity contribution in [3.8, 4) is 5.75 Å². The van der Waals surface area contributed by atoms with Gasteiger partial charge in [0.2, 0.25) is 0 Å². The van der Waals surface area contributed by atoms with Crippen molar-refractivity contribution >= 4 is 33.5 Å². The van der Waals surface area contributed by atoms with Gasteiger partial charge in [0.1, 0.15) is 19.0 Å². The van der Waals surface area contributed by atoms with E-state index >= 15 is 0 Å². The Hall–Kier alpha value is -1.42. The van der Waals surface area contributed by atoms with Gasteiger partial charge in [-0.2, -0.15) is 0 Å². The molecule has 1 aromatic carbocycles. The molecule has 0 bridgehead atoms. The zero-order valence-electron chi connectivity index (χ0n) is 19.2. The second kappa shape index (κ2) is 15.4. The van der Waals surface area contributed by atoms with Crippen molar-refractivity contribution in [3.05, 3.63) is 29.8 Å². The SMILES string of the molecule is CC(CN(C)C)C(=O)OCCSSCCOC(=O)Cc1ccc(OC2CCCCO2)cc1. The number of benzene rings is 1. The second-order valence-corrected chi connectivity index (χ2v) is 10.6. The molecule has 7 nitrogen and oxygen atoms in total. The number of rotatable bonds is 14. The fourth-order valence-electron chi connectivity index (χ4n) is 3.11. The van der Waals surface area contributed by atoms with E-state index in [4.69, 9.17) is 18.9 Å². The molecule has 2 unspecified atom stereocenters. The van der Waals surface area contributed by atoms with E-state index in [9.17, 15) is 9.59 Å². The van der Waals surface area contributed by atoms with Gasteiger partial charge in [-0.3, -0.25) is 9.59 Å². The van der Waals surface area contributed by atoms with Gasteiger partial charge in [-0.15, -0.1) is 0 Å². The van der Waals surface area contributed by atoms with Gasteiger partial charge < -0.3 is 23.8 Å². The molecule has 180 valence electrons. The van der Waals surface area contributed by atoms with E-state index in [1.54, 1.807) is 21.6 Å². The van der Waals surface area contributed by atoms with E-state index in [0.717, 1.165) is 37.2 Å². The summed E-state index contributed by atoms with van der Waals surface area (Å²) < 4.78 is 21.9. The largest absolute Gasteiger partial charge is 0.465 e. The van der Waals surface area contributed by atoms with Gasteiger partial charge in [-0.1, -0.05) is 40.6 Å². The summed E-state index contributed by atoms with van der Waals surface area (Å²) in [7, 11) is 7.07. The molecule has 0 N–H and O–H groups in total. The molecule has 0 radical (unpaired) electrons. The van der Waals surface area contributed by atoms with Crippen LogP contribution in [0.25, 0.3) is 0 Å². The maximum atomic E-state index is 12.0. The van der Waals surface area contributed by atoms with E-state index < -0.39 is 0 Å². The van der Waals surface area contributed by atoms with Crippen molar-refractivity contribution in [2.24, 2.45) is 5.92 Å². The average Bonchev–Trinajstić information content (AvgIpc) is 2.77. The van der Waals surface area contributed by atoms with Crippen molar-refractivity contribution in [2.45, 2.75) is 38.9 Å². The number of hydrogen-bond acceptors (Lipinski definition) is 9. The third-order valence-electron chi connectivity index (χ3n) is 4.64. The highest BCUT2D eigenvalue weighted by atomic mass is 33.1. The van der Waals surface area contributed by atoms with Crippen molar-refractivity contribution in [1.29, 1.82) is 0 Å². The van der Waals surface area contributed by atoms with E-state index in [-0.39, 0.29) is 30.6 Å². The highest BCUT2D eigenvalue weighted by Gasteiger charge is 2.16. The molecule has 32 heavy (non-hydrogen) atoms. The molecule has 1 saturated heterocycles. The predicted molar refractivity (Wildman–Crippen MR) is 129 cm³/mol. The summed E-state index contributed by atoms with van der Waals surface area (Å²) in [5.41, 5.74) is 0.888. The summed E-state index contributed by atoms with van der Waals surface area (Å²) in [5.74, 6) is 1.61. The Morgan fingerprint density at radius 1 is 1.09 bits per heavy atom. The van der Waals surface area contributed by atoms with Crippen molar-refractivity contribution in [2.75, 3.05) is 52.0 Å². The number of carbonyl (C=O) groups is 2.